The van der Waals surface area contributed by atoms with Crippen LogP contribution in [0.2, 0.25) is 0 Å². The number of nitrogens with zero attached hydrogens (tertiary/aromatic N) is 1. The van der Waals surface area contributed by atoms with Gasteiger partial charge < -0.3 is 14.8 Å². The molecule has 1 fully saturated rings. The molecule has 1 aliphatic heterocycles. The lowest BCUT2D eigenvalue weighted by molar-refractivity contribution is -0.116. The first-order valence-corrected chi connectivity index (χ1v) is 12.8. The summed E-state index contributed by atoms with van der Waals surface area (Å²) in [5.41, 5.74) is 1.24. The molecule has 0 aliphatic carbocycles. The molecule has 1 aliphatic rings. The fourth-order valence-corrected chi connectivity index (χ4v) is 5.24. The summed E-state index contributed by atoms with van der Waals surface area (Å²) in [6, 6.07) is 19.4. The Morgan fingerprint density at radius 1 is 1.06 bits per heavy atom. The Kier molecular flexibility index (Phi) is 7.80. The fraction of sp³-hybridized carbons (Fsp3) is 0.269. The molecule has 9 heteroatoms. The lowest BCUT2D eigenvalue weighted by Crippen LogP contribution is -2.40. The van der Waals surface area contributed by atoms with Crippen LogP contribution in [0.3, 0.4) is 0 Å². The molecule has 0 bridgehead atoms. The summed E-state index contributed by atoms with van der Waals surface area (Å²) in [5, 5.41) is 2.81. The molecule has 1 saturated heterocycles. The van der Waals surface area contributed by atoms with Gasteiger partial charge in [-0.3, -0.25) is 4.79 Å². The highest BCUT2D eigenvalue weighted by Gasteiger charge is 2.27. The molecule has 4 rings (SSSR count). The van der Waals surface area contributed by atoms with E-state index in [1.165, 1.54) is 46.8 Å². The van der Waals surface area contributed by atoms with Crippen molar-refractivity contribution in [2.45, 2.75) is 24.2 Å². The number of hydrogen-bond donors (Lipinski definition) is 1. The van der Waals surface area contributed by atoms with Crippen LogP contribution in [0.1, 0.15) is 24.8 Å². The van der Waals surface area contributed by atoms with Gasteiger partial charge in [-0.25, -0.2) is 12.8 Å². The van der Waals surface area contributed by atoms with E-state index in [9.17, 15) is 17.6 Å². The number of sulfonamides is 1. The molecule has 7 nitrogen and oxygen atoms in total. The predicted molar refractivity (Wildman–Crippen MR) is 131 cm³/mol. The van der Waals surface area contributed by atoms with Crippen LogP contribution in [0, 0.1) is 5.82 Å². The number of halogens is 1. The van der Waals surface area contributed by atoms with Crippen molar-refractivity contribution in [3.05, 3.63) is 84.2 Å². The predicted octanol–water partition coefficient (Wildman–Crippen LogP) is 4.77. The lowest BCUT2D eigenvalue weighted by atomic mass is 9.97. The normalized spacial score (nSPS) is 15.4. The summed E-state index contributed by atoms with van der Waals surface area (Å²) >= 11 is 0. The number of ether oxygens (including phenoxy) is 2. The Bertz CT molecular complexity index is 1260. The molecule has 0 saturated carbocycles. The van der Waals surface area contributed by atoms with Crippen LogP contribution in [-0.4, -0.2) is 44.9 Å². The molecule has 0 spiro atoms. The third-order valence-electron chi connectivity index (χ3n) is 5.73. The minimum absolute atomic E-state index is 0.0391. The Hall–Kier alpha value is -3.27. The number of amides is 1. The maximum absolute atomic E-state index is 13.3. The number of morpholine rings is 1. The fourth-order valence-electron chi connectivity index (χ4n) is 3.80. The minimum atomic E-state index is -3.78. The minimum Gasteiger partial charge on any atom is -0.455 e. The van der Waals surface area contributed by atoms with Crippen molar-refractivity contribution in [3.8, 4) is 11.5 Å². The molecule has 0 radical (unpaired) electrons. The first-order chi connectivity index (χ1) is 16.8. The van der Waals surface area contributed by atoms with Crippen LogP contribution in [0.4, 0.5) is 10.1 Å². The maximum atomic E-state index is 13.3. The van der Waals surface area contributed by atoms with Gasteiger partial charge in [-0.05, 0) is 53.9 Å². The molecule has 3 aromatic carbocycles. The molecule has 0 unspecified atom stereocenters. The average molecular weight is 499 g/mol. The second kappa shape index (κ2) is 11.0. The summed E-state index contributed by atoms with van der Waals surface area (Å²) < 4.78 is 52.1. The smallest absolute Gasteiger partial charge is 0.243 e. The standard InChI is InChI=1S/C26H27FN2O5S/c1-19(20-5-3-2-4-6-20)17-26(30)28-24-18-23(35(31,32)29-13-15-33-16-14-29)11-12-25(24)34-22-9-7-21(27)8-10-22/h2-12,18-19H,13-17H2,1H3,(H,28,30)/t19-/m1/s1. The van der Waals surface area contributed by atoms with Gasteiger partial charge in [-0.15, -0.1) is 0 Å². The monoisotopic (exact) mass is 498 g/mol. The van der Waals surface area contributed by atoms with Gasteiger partial charge in [-0.1, -0.05) is 37.3 Å². The number of nitrogens with one attached hydrogen (secondary N) is 1. The highest BCUT2D eigenvalue weighted by atomic mass is 32.2. The van der Waals surface area contributed by atoms with Gasteiger partial charge >= 0.3 is 0 Å². The molecule has 35 heavy (non-hydrogen) atoms. The van der Waals surface area contributed by atoms with E-state index in [-0.39, 0.29) is 47.7 Å². The van der Waals surface area contributed by atoms with Gasteiger partial charge in [0.05, 0.1) is 23.8 Å². The van der Waals surface area contributed by atoms with Crippen LogP contribution in [-0.2, 0) is 19.6 Å². The average Bonchev–Trinajstić information content (AvgIpc) is 2.87. The van der Waals surface area contributed by atoms with Crippen LogP contribution < -0.4 is 10.1 Å². The maximum Gasteiger partial charge on any atom is 0.243 e. The highest BCUT2D eigenvalue weighted by Crippen LogP contribution is 2.33. The molecule has 1 amide bonds. The van der Waals surface area contributed by atoms with E-state index in [4.69, 9.17) is 9.47 Å². The summed E-state index contributed by atoms with van der Waals surface area (Å²) in [7, 11) is -3.78. The van der Waals surface area contributed by atoms with E-state index < -0.39 is 15.8 Å². The largest absolute Gasteiger partial charge is 0.455 e. The van der Waals surface area contributed by atoms with Gasteiger partial charge in [0.15, 0.2) is 5.75 Å². The number of rotatable bonds is 8. The molecule has 1 heterocycles. The van der Waals surface area contributed by atoms with E-state index in [0.717, 1.165) is 5.56 Å². The third-order valence-corrected chi connectivity index (χ3v) is 7.63. The van der Waals surface area contributed by atoms with Crippen molar-refractivity contribution in [3.63, 3.8) is 0 Å². The molecule has 1 N–H and O–H groups in total. The van der Waals surface area contributed by atoms with Gasteiger partial charge in [0.25, 0.3) is 0 Å². The van der Waals surface area contributed by atoms with E-state index >= 15 is 0 Å². The van der Waals surface area contributed by atoms with E-state index in [1.807, 2.05) is 37.3 Å². The van der Waals surface area contributed by atoms with E-state index in [2.05, 4.69) is 5.32 Å². The lowest BCUT2D eigenvalue weighted by Gasteiger charge is -2.26. The third kappa shape index (κ3) is 6.25. The molecule has 3 aromatic rings. The van der Waals surface area contributed by atoms with Crippen LogP contribution >= 0.6 is 0 Å². The molecule has 184 valence electrons. The van der Waals surface area contributed by atoms with Crippen molar-refractivity contribution in [2.24, 2.45) is 0 Å². The Balaban J connectivity index is 1.60. The number of hydrogen-bond acceptors (Lipinski definition) is 5. The van der Waals surface area contributed by atoms with Crippen molar-refractivity contribution in [2.75, 3.05) is 31.6 Å². The highest BCUT2D eigenvalue weighted by molar-refractivity contribution is 7.89. The topological polar surface area (TPSA) is 84.9 Å². The zero-order valence-corrected chi connectivity index (χ0v) is 20.1. The number of benzene rings is 3. The quantitative estimate of drug-likeness (QED) is 0.484. The van der Waals surface area contributed by atoms with Crippen LogP contribution in [0.5, 0.6) is 11.5 Å². The summed E-state index contributed by atoms with van der Waals surface area (Å²) in [4.78, 5) is 13.0. The SMILES string of the molecule is C[C@H](CC(=O)Nc1cc(S(=O)(=O)N2CCOCC2)ccc1Oc1ccc(F)cc1)c1ccccc1. The summed E-state index contributed by atoms with van der Waals surface area (Å²) in [6.45, 7) is 3.11. The molecular weight excluding hydrogens is 471 g/mol. The van der Waals surface area contributed by atoms with Crippen molar-refractivity contribution in [1.82, 2.24) is 4.31 Å². The molecule has 1 atom stereocenters. The second-order valence-corrected chi connectivity index (χ2v) is 10.2. The van der Waals surface area contributed by atoms with Crippen molar-refractivity contribution < 1.29 is 27.1 Å². The number of anilines is 1. The first-order valence-electron chi connectivity index (χ1n) is 11.3. The zero-order valence-electron chi connectivity index (χ0n) is 19.3. The van der Waals surface area contributed by atoms with Crippen LogP contribution in [0.15, 0.2) is 77.7 Å². The van der Waals surface area contributed by atoms with Crippen molar-refractivity contribution >= 4 is 21.6 Å². The molecule has 0 aromatic heterocycles. The van der Waals surface area contributed by atoms with E-state index in [0.29, 0.717) is 19.0 Å². The van der Waals surface area contributed by atoms with Gasteiger partial charge in [0, 0.05) is 19.5 Å². The number of carbonyl (C=O) groups is 1. The van der Waals surface area contributed by atoms with E-state index in [1.54, 1.807) is 0 Å². The molecular formula is C26H27FN2O5S. The van der Waals surface area contributed by atoms with Gasteiger partial charge in [-0.2, -0.15) is 4.31 Å². The van der Waals surface area contributed by atoms with Gasteiger partial charge in [0.1, 0.15) is 11.6 Å². The summed E-state index contributed by atoms with van der Waals surface area (Å²) in [5.74, 6) is -0.140. The zero-order chi connectivity index (χ0) is 24.8. The first kappa shape index (κ1) is 24.8. The second-order valence-electron chi connectivity index (χ2n) is 8.29. The van der Waals surface area contributed by atoms with Crippen LogP contribution in [0.25, 0.3) is 0 Å². The Morgan fingerprint density at radius 2 is 1.74 bits per heavy atom. The Morgan fingerprint density at radius 3 is 2.43 bits per heavy atom. The number of carbonyl (C=O) groups excluding carboxylic acids is 1. The van der Waals surface area contributed by atoms with Crippen molar-refractivity contribution in [1.29, 1.82) is 0 Å². The van der Waals surface area contributed by atoms with Gasteiger partial charge in [0.2, 0.25) is 15.9 Å². The Labute approximate surface area is 204 Å². The summed E-state index contributed by atoms with van der Waals surface area (Å²) in [6.07, 6.45) is 0.195.